The van der Waals surface area contributed by atoms with Crippen LogP contribution >= 0.6 is 34.3 Å². The number of halogens is 1. The molecule has 1 N–H and O–H groups in total. The molecule has 0 fully saturated rings. The molecule has 0 amide bonds. The highest BCUT2D eigenvalue weighted by Gasteiger charge is 2.18. The molecule has 0 radical (unpaired) electrons. The van der Waals surface area contributed by atoms with Crippen molar-refractivity contribution in [2.45, 2.75) is 19.9 Å². The first kappa shape index (κ1) is 14.1. The zero-order valence-corrected chi connectivity index (χ0v) is 13.8. The third kappa shape index (κ3) is 2.63. The number of thiophene rings is 2. The van der Waals surface area contributed by atoms with Gasteiger partial charge >= 0.3 is 0 Å². The fourth-order valence-electron chi connectivity index (χ4n) is 2.32. The molecule has 3 aromatic rings. The van der Waals surface area contributed by atoms with E-state index in [1.807, 2.05) is 11.3 Å². The van der Waals surface area contributed by atoms with Gasteiger partial charge in [0.1, 0.15) is 0 Å². The van der Waals surface area contributed by atoms with E-state index in [0.717, 1.165) is 16.4 Å². The molecule has 0 aliphatic rings. The Labute approximate surface area is 132 Å². The molecule has 0 aliphatic carbocycles. The second-order valence-electron chi connectivity index (χ2n) is 4.78. The number of rotatable bonds is 4. The van der Waals surface area contributed by atoms with Crippen molar-refractivity contribution in [2.75, 3.05) is 6.54 Å². The highest BCUT2D eigenvalue weighted by molar-refractivity contribution is 7.19. The lowest BCUT2D eigenvalue weighted by Crippen LogP contribution is -2.20. The first-order valence-corrected chi connectivity index (χ1v) is 8.68. The van der Waals surface area contributed by atoms with Crippen LogP contribution in [0.4, 0.5) is 0 Å². The Kier molecular flexibility index (Phi) is 4.13. The van der Waals surface area contributed by atoms with Crippen LogP contribution in [0.15, 0.2) is 36.4 Å². The summed E-state index contributed by atoms with van der Waals surface area (Å²) >= 11 is 9.77. The smallest absolute Gasteiger partial charge is 0.0961 e. The number of benzene rings is 1. The summed E-state index contributed by atoms with van der Waals surface area (Å²) in [6.07, 6.45) is 0. The van der Waals surface area contributed by atoms with E-state index < -0.39 is 0 Å². The van der Waals surface area contributed by atoms with Crippen LogP contribution in [0, 0.1) is 6.92 Å². The van der Waals surface area contributed by atoms with E-state index >= 15 is 0 Å². The maximum Gasteiger partial charge on any atom is 0.0961 e. The number of aryl methyl sites for hydroxylation is 1. The van der Waals surface area contributed by atoms with Gasteiger partial charge in [-0.1, -0.05) is 36.7 Å². The standard InChI is InChI=1S/C16H16ClNS2/c1-3-18-15(13-8-10(2)16(17)20-13)14-9-11-6-4-5-7-12(11)19-14/h4-9,15,18H,3H2,1-2H3. The Hall–Kier alpha value is -0.870. The maximum absolute atomic E-state index is 6.23. The summed E-state index contributed by atoms with van der Waals surface area (Å²) in [7, 11) is 0. The molecule has 3 rings (SSSR count). The minimum atomic E-state index is 0.244. The fourth-order valence-corrected chi connectivity index (χ4v) is 4.86. The van der Waals surface area contributed by atoms with E-state index in [4.69, 9.17) is 11.6 Å². The molecule has 1 nitrogen and oxygen atoms in total. The van der Waals surface area contributed by atoms with Gasteiger partial charge in [0.2, 0.25) is 0 Å². The SMILES string of the molecule is CCNC(c1cc(C)c(Cl)s1)c1cc2ccccc2s1. The van der Waals surface area contributed by atoms with Crippen molar-refractivity contribution in [2.24, 2.45) is 0 Å². The van der Waals surface area contributed by atoms with Crippen LogP contribution in [0.1, 0.15) is 28.3 Å². The molecule has 2 heterocycles. The number of nitrogens with one attached hydrogen (secondary N) is 1. The van der Waals surface area contributed by atoms with Gasteiger partial charge in [-0.2, -0.15) is 0 Å². The van der Waals surface area contributed by atoms with Crippen molar-refractivity contribution >= 4 is 44.4 Å². The van der Waals surface area contributed by atoms with E-state index in [-0.39, 0.29) is 6.04 Å². The summed E-state index contributed by atoms with van der Waals surface area (Å²) in [6.45, 7) is 5.14. The van der Waals surface area contributed by atoms with Crippen LogP contribution < -0.4 is 5.32 Å². The third-order valence-corrected chi connectivity index (χ3v) is 6.10. The van der Waals surface area contributed by atoms with Crippen molar-refractivity contribution in [1.82, 2.24) is 5.32 Å². The Balaban J connectivity index is 2.05. The highest BCUT2D eigenvalue weighted by atomic mass is 35.5. The van der Waals surface area contributed by atoms with Gasteiger partial charge < -0.3 is 5.32 Å². The molecule has 0 spiro atoms. The van der Waals surface area contributed by atoms with Crippen LogP contribution in [0.2, 0.25) is 4.34 Å². The number of fused-ring (bicyclic) bond motifs is 1. The lowest BCUT2D eigenvalue weighted by atomic mass is 10.1. The van der Waals surface area contributed by atoms with E-state index in [0.29, 0.717) is 0 Å². The van der Waals surface area contributed by atoms with Gasteiger partial charge in [0.05, 0.1) is 10.4 Å². The van der Waals surface area contributed by atoms with Crippen LogP contribution in [0.3, 0.4) is 0 Å². The molecule has 1 atom stereocenters. The van der Waals surface area contributed by atoms with E-state index in [9.17, 15) is 0 Å². The van der Waals surface area contributed by atoms with Gasteiger partial charge in [-0.3, -0.25) is 0 Å². The second-order valence-corrected chi connectivity index (χ2v) is 7.58. The van der Waals surface area contributed by atoms with E-state index in [2.05, 4.69) is 55.6 Å². The Morgan fingerprint density at radius 2 is 1.90 bits per heavy atom. The Bertz CT molecular complexity index is 676. The minimum absolute atomic E-state index is 0.244. The normalized spacial score (nSPS) is 12.9. The summed E-state index contributed by atoms with van der Waals surface area (Å²) in [4.78, 5) is 2.65. The van der Waals surface area contributed by atoms with Gasteiger partial charge in [0.15, 0.2) is 0 Å². The molecule has 4 heteroatoms. The van der Waals surface area contributed by atoms with Crippen LogP contribution in [0.25, 0.3) is 10.1 Å². The van der Waals surface area contributed by atoms with Gasteiger partial charge in [-0.15, -0.1) is 22.7 Å². The zero-order valence-electron chi connectivity index (χ0n) is 11.4. The largest absolute Gasteiger partial charge is 0.305 e. The van der Waals surface area contributed by atoms with Crippen molar-refractivity contribution in [3.05, 3.63) is 56.1 Å². The topological polar surface area (TPSA) is 12.0 Å². The third-order valence-electron chi connectivity index (χ3n) is 3.30. The van der Waals surface area contributed by atoms with Gasteiger partial charge in [-0.25, -0.2) is 0 Å². The lowest BCUT2D eigenvalue weighted by molar-refractivity contribution is 0.649. The molecular weight excluding hydrogens is 306 g/mol. The zero-order chi connectivity index (χ0) is 14.1. The molecule has 0 saturated carbocycles. The monoisotopic (exact) mass is 321 g/mol. The molecule has 20 heavy (non-hydrogen) atoms. The number of hydrogen-bond donors (Lipinski definition) is 1. The molecule has 0 aliphatic heterocycles. The molecule has 104 valence electrons. The predicted octanol–water partition coefficient (Wildman–Crippen LogP) is 5.62. The van der Waals surface area contributed by atoms with Gasteiger partial charge in [-0.05, 0) is 42.6 Å². The summed E-state index contributed by atoms with van der Waals surface area (Å²) in [6, 6.07) is 13.3. The predicted molar refractivity (Wildman–Crippen MR) is 91.4 cm³/mol. The maximum atomic E-state index is 6.23. The first-order chi connectivity index (χ1) is 9.69. The summed E-state index contributed by atoms with van der Waals surface area (Å²) in [5.74, 6) is 0. The van der Waals surface area contributed by atoms with Crippen molar-refractivity contribution < 1.29 is 0 Å². The highest BCUT2D eigenvalue weighted by Crippen LogP contribution is 2.38. The molecule has 0 saturated heterocycles. The molecule has 1 aromatic carbocycles. The Morgan fingerprint density at radius 3 is 2.55 bits per heavy atom. The second kappa shape index (κ2) is 5.86. The fraction of sp³-hybridized carbons (Fsp3) is 0.250. The van der Waals surface area contributed by atoms with Gasteiger partial charge in [0, 0.05) is 14.5 Å². The molecule has 1 unspecified atom stereocenters. The van der Waals surface area contributed by atoms with Crippen LogP contribution in [-0.2, 0) is 0 Å². The molecule has 2 aromatic heterocycles. The first-order valence-electron chi connectivity index (χ1n) is 6.66. The number of hydrogen-bond acceptors (Lipinski definition) is 3. The Morgan fingerprint density at radius 1 is 1.15 bits per heavy atom. The van der Waals surface area contributed by atoms with Crippen molar-refractivity contribution in [3.8, 4) is 0 Å². The molecule has 0 bridgehead atoms. The summed E-state index contributed by atoms with van der Waals surface area (Å²) in [5, 5.41) is 4.89. The van der Waals surface area contributed by atoms with Crippen LogP contribution in [-0.4, -0.2) is 6.54 Å². The van der Waals surface area contributed by atoms with Crippen LogP contribution in [0.5, 0.6) is 0 Å². The average Bonchev–Trinajstić information content (AvgIpc) is 3.00. The quantitative estimate of drug-likeness (QED) is 0.657. The van der Waals surface area contributed by atoms with Gasteiger partial charge in [0.25, 0.3) is 0 Å². The van der Waals surface area contributed by atoms with Crippen molar-refractivity contribution in [3.63, 3.8) is 0 Å². The minimum Gasteiger partial charge on any atom is -0.305 e. The summed E-state index contributed by atoms with van der Waals surface area (Å²) in [5.41, 5.74) is 1.16. The van der Waals surface area contributed by atoms with Crippen molar-refractivity contribution in [1.29, 1.82) is 0 Å². The average molecular weight is 322 g/mol. The molecular formula is C16H16ClNS2. The van der Waals surface area contributed by atoms with E-state index in [1.165, 1.54) is 19.8 Å². The lowest BCUT2D eigenvalue weighted by Gasteiger charge is -2.14. The summed E-state index contributed by atoms with van der Waals surface area (Å²) < 4.78 is 2.23. The van der Waals surface area contributed by atoms with E-state index in [1.54, 1.807) is 11.3 Å².